The first-order chi connectivity index (χ1) is 12.3. The Hall–Kier alpha value is -3.81. The number of amides is 1. The van der Waals surface area contributed by atoms with Crippen LogP contribution in [0, 0.1) is 15.5 Å². The van der Waals surface area contributed by atoms with Gasteiger partial charge in [0.2, 0.25) is 5.55 Å². The number of carbonyl (C=O) groups is 2. The molecule has 0 spiro atoms. The van der Waals surface area contributed by atoms with Crippen LogP contribution in [0.15, 0.2) is 52.9 Å². The summed E-state index contributed by atoms with van der Waals surface area (Å²) < 4.78 is 5.28. The highest BCUT2D eigenvalue weighted by atomic mass is 16.6. The number of fused-ring (bicyclic) bond motifs is 1. The summed E-state index contributed by atoms with van der Waals surface area (Å²) >= 11 is 0. The first-order valence-electron chi connectivity index (χ1n) is 7.54. The van der Waals surface area contributed by atoms with E-state index in [0.29, 0.717) is 16.6 Å². The van der Waals surface area contributed by atoms with Crippen molar-refractivity contribution in [1.82, 2.24) is 0 Å². The van der Waals surface area contributed by atoms with Crippen LogP contribution in [0.1, 0.15) is 27.6 Å². The summed E-state index contributed by atoms with van der Waals surface area (Å²) in [6.07, 6.45) is 0. The summed E-state index contributed by atoms with van der Waals surface area (Å²) in [5.41, 5.74) is 0.494. The Kier molecular flexibility index (Phi) is 4.32. The highest BCUT2D eigenvalue weighted by molar-refractivity contribution is 6.06. The Labute approximate surface area is 146 Å². The SMILES string of the molecule is CC(=O)c1cccc(NC(=O)c2cc3cc([N+](=O)[O-])ccc3oc2=N)c1. The van der Waals surface area contributed by atoms with Gasteiger partial charge in [0.05, 0.1) is 4.92 Å². The van der Waals surface area contributed by atoms with Crippen LogP contribution in [0.25, 0.3) is 11.0 Å². The molecule has 130 valence electrons. The van der Waals surface area contributed by atoms with E-state index >= 15 is 0 Å². The van der Waals surface area contributed by atoms with Gasteiger partial charge in [0.1, 0.15) is 11.1 Å². The molecule has 0 saturated carbocycles. The van der Waals surface area contributed by atoms with E-state index in [9.17, 15) is 19.7 Å². The predicted molar refractivity (Wildman–Crippen MR) is 93.1 cm³/mol. The molecule has 0 aliphatic heterocycles. The Morgan fingerprint density at radius 3 is 2.62 bits per heavy atom. The lowest BCUT2D eigenvalue weighted by Crippen LogP contribution is -2.21. The minimum atomic E-state index is -0.618. The third-order valence-corrected chi connectivity index (χ3v) is 3.73. The number of nitro groups is 1. The number of carbonyl (C=O) groups excluding carboxylic acids is 2. The van der Waals surface area contributed by atoms with E-state index in [-0.39, 0.29) is 28.2 Å². The number of anilines is 1. The summed E-state index contributed by atoms with van der Waals surface area (Å²) in [6, 6.07) is 11.6. The summed E-state index contributed by atoms with van der Waals surface area (Å²) in [6.45, 7) is 1.41. The molecule has 8 heteroatoms. The number of ketones is 1. The van der Waals surface area contributed by atoms with Crippen molar-refractivity contribution >= 4 is 34.0 Å². The van der Waals surface area contributed by atoms with Gasteiger partial charge < -0.3 is 9.73 Å². The molecule has 0 bridgehead atoms. The first kappa shape index (κ1) is 17.0. The molecule has 1 aromatic heterocycles. The van der Waals surface area contributed by atoms with Crippen molar-refractivity contribution in [2.24, 2.45) is 0 Å². The van der Waals surface area contributed by atoms with E-state index < -0.39 is 10.8 Å². The first-order valence-corrected chi connectivity index (χ1v) is 7.54. The van der Waals surface area contributed by atoms with Crippen molar-refractivity contribution in [2.45, 2.75) is 6.92 Å². The van der Waals surface area contributed by atoms with Gasteiger partial charge in [0.15, 0.2) is 5.78 Å². The number of non-ortho nitro benzene ring substituents is 1. The van der Waals surface area contributed by atoms with Gasteiger partial charge in [-0.2, -0.15) is 0 Å². The third-order valence-electron chi connectivity index (χ3n) is 3.73. The monoisotopic (exact) mass is 351 g/mol. The van der Waals surface area contributed by atoms with E-state index in [4.69, 9.17) is 9.83 Å². The molecule has 1 amide bonds. The van der Waals surface area contributed by atoms with Crippen LogP contribution in [-0.4, -0.2) is 16.6 Å². The minimum Gasteiger partial charge on any atom is -0.438 e. The van der Waals surface area contributed by atoms with Crippen molar-refractivity contribution in [3.63, 3.8) is 0 Å². The zero-order valence-electron chi connectivity index (χ0n) is 13.6. The zero-order chi connectivity index (χ0) is 18.8. The number of rotatable bonds is 4. The van der Waals surface area contributed by atoms with Gasteiger partial charge in [-0.05, 0) is 31.2 Å². The van der Waals surface area contributed by atoms with E-state index in [1.165, 1.54) is 37.3 Å². The second-order valence-electron chi connectivity index (χ2n) is 5.56. The molecule has 0 aliphatic rings. The molecule has 3 rings (SSSR count). The summed E-state index contributed by atoms with van der Waals surface area (Å²) in [7, 11) is 0. The van der Waals surface area contributed by atoms with Crippen LogP contribution in [0.5, 0.6) is 0 Å². The molecule has 1 heterocycles. The molecule has 2 aromatic carbocycles. The minimum absolute atomic E-state index is 0.0776. The Morgan fingerprint density at radius 1 is 1.15 bits per heavy atom. The molecule has 0 radical (unpaired) electrons. The Morgan fingerprint density at radius 2 is 1.92 bits per heavy atom. The molecule has 3 aromatic rings. The van der Waals surface area contributed by atoms with Gasteiger partial charge in [-0.25, -0.2) is 0 Å². The zero-order valence-corrected chi connectivity index (χ0v) is 13.6. The van der Waals surface area contributed by atoms with Crippen LogP contribution in [-0.2, 0) is 0 Å². The van der Waals surface area contributed by atoms with Gasteiger partial charge in [0.25, 0.3) is 11.6 Å². The fraction of sp³-hybridized carbons (Fsp3) is 0.0556. The molecule has 0 atom stereocenters. The lowest BCUT2D eigenvalue weighted by atomic mass is 10.1. The summed E-state index contributed by atoms with van der Waals surface area (Å²) in [4.78, 5) is 34.2. The molecule has 0 fully saturated rings. The van der Waals surface area contributed by atoms with Gasteiger partial charge in [-0.3, -0.25) is 25.1 Å². The van der Waals surface area contributed by atoms with Crippen LogP contribution < -0.4 is 10.9 Å². The van der Waals surface area contributed by atoms with Gasteiger partial charge >= 0.3 is 0 Å². The maximum Gasteiger partial charge on any atom is 0.270 e. The molecular weight excluding hydrogens is 338 g/mol. The highest BCUT2D eigenvalue weighted by Crippen LogP contribution is 2.21. The summed E-state index contributed by atoms with van der Waals surface area (Å²) in [5, 5.41) is 21.7. The maximum atomic E-state index is 12.5. The van der Waals surface area contributed by atoms with Crippen molar-refractivity contribution < 1.29 is 18.9 Å². The van der Waals surface area contributed by atoms with Gasteiger partial charge in [-0.15, -0.1) is 0 Å². The standard InChI is InChI=1S/C18H13N3O5/c1-10(22)11-3-2-4-13(7-11)20-18(23)15-9-12-8-14(21(24)25)5-6-16(12)26-17(15)19/h2-9,19H,1H3,(H,20,23). The van der Waals surface area contributed by atoms with E-state index in [1.807, 2.05) is 0 Å². The van der Waals surface area contributed by atoms with Crippen molar-refractivity contribution in [3.8, 4) is 0 Å². The Bertz CT molecular complexity index is 1120. The molecular formula is C18H13N3O5. The van der Waals surface area contributed by atoms with Crippen molar-refractivity contribution in [1.29, 1.82) is 5.41 Å². The topological polar surface area (TPSA) is 126 Å². The maximum absolute atomic E-state index is 12.5. The largest absolute Gasteiger partial charge is 0.438 e. The fourth-order valence-corrected chi connectivity index (χ4v) is 2.42. The van der Waals surface area contributed by atoms with Crippen molar-refractivity contribution in [2.75, 3.05) is 5.32 Å². The molecule has 8 nitrogen and oxygen atoms in total. The van der Waals surface area contributed by atoms with E-state index in [1.54, 1.807) is 18.2 Å². The molecule has 0 unspecified atom stereocenters. The number of nitro benzene ring substituents is 1. The van der Waals surface area contributed by atoms with E-state index in [2.05, 4.69) is 5.32 Å². The molecule has 26 heavy (non-hydrogen) atoms. The fourth-order valence-electron chi connectivity index (χ4n) is 2.42. The van der Waals surface area contributed by atoms with Crippen LogP contribution in [0.3, 0.4) is 0 Å². The van der Waals surface area contributed by atoms with Gasteiger partial charge in [0, 0.05) is 28.8 Å². The second kappa shape index (κ2) is 6.60. The van der Waals surface area contributed by atoms with Gasteiger partial charge in [-0.1, -0.05) is 12.1 Å². The molecule has 0 aliphatic carbocycles. The van der Waals surface area contributed by atoms with Crippen molar-refractivity contribution in [3.05, 3.63) is 75.3 Å². The van der Waals surface area contributed by atoms with Crippen LogP contribution in [0.4, 0.5) is 11.4 Å². The third kappa shape index (κ3) is 3.34. The Balaban J connectivity index is 1.98. The smallest absolute Gasteiger partial charge is 0.270 e. The number of nitrogens with zero attached hydrogens (tertiary/aromatic N) is 1. The van der Waals surface area contributed by atoms with Crippen LogP contribution >= 0.6 is 0 Å². The normalized spacial score (nSPS) is 10.5. The number of nitrogens with one attached hydrogen (secondary N) is 2. The number of hydrogen-bond donors (Lipinski definition) is 2. The second-order valence-corrected chi connectivity index (χ2v) is 5.56. The lowest BCUT2D eigenvalue weighted by Gasteiger charge is -2.07. The predicted octanol–water partition coefficient (Wildman–Crippen LogP) is 3.28. The molecule has 0 saturated heterocycles. The number of hydrogen-bond acceptors (Lipinski definition) is 6. The lowest BCUT2D eigenvalue weighted by molar-refractivity contribution is -0.384. The number of Topliss-reactive ketones (excluding diaryl/α,β-unsaturated/α-hetero) is 1. The van der Waals surface area contributed by atoms with Crippen LogP contribution in [0.2, 0.25) is 0 Å². The number of benzene rings is 2. The molecule has 2 N–H and O–H groups in total. The van der Waals surface area contributed by atoms with E-state index in [0.717, 1.165) is 0 Å². The summed E-state index contributed by atoms with van der Waals surface area (Å²) in [5.74, 6) is -0.761. The highest BCUT2D eigenvalue weighted by Gasteiger charge is 2.14. The average Bonchev–Trinajstić information content (AvgIpc) is 2.60. The average molecular weight is 351 g/mol. The quantitative estimate of drug-likeness (QED) is 0.424.